The average molecular weight is 425 g/mol. The molecule has 2 rings (SSSR count). The van der Waals surface area contributed by atoms with Crippen LogP contribution in [-0.2, 0) is 26.1 Å². The van der Waals surface area contributed by atoms with Gasteiger partial charge in [-0.05, 0) is 26.3 Å². The van der Waals surface area contributed by atoms with Crippen LogP contribution in [0.4, 0.5) is 5.69 Å². The molecule has 1 amide bonds. The van der Waals surface area contributed by atoms with Crippen molar-refractivity contribution in [3.63, 3.8) is 0 Å². The molecule has 2 aromatic rings. The van der Waals surface area contributed by atoms with E-state index in [1.54, 1.807) is 18.2 Å². The van der Waals surface area contributed by atoms with Gasteiger partial charge in [-0.15, -0.1) is 5.69 Å². The number of benzene rings is 2. The minimum atomic E-state index is -1.02. The zero-order valence-electron chi connectivity index (χ0n) is 16.1. The third-order valence-corrected chi connectivity index (χ3v) is 3.59. The predicted molar refractivity (Wildman–Crippen MR) is 107 cm³/mol. The summed E-state index contributed by atoms with van der Waals surface area (Å²) in [6.45, 7) is 5.67. The van der Waals surface area contributed by atoms with E-state index < -0.39 is 5.97 Å². The molecule has 0 aliphatic rings. The van der Waals surface area contributed by atoms with Crippen molar-refractivity contribution >= 4 is 23.3 Å². The summed E-state index contributed by atoms with van der Waals surface area (Å²) >= 11 is 0. The van der Waals surface area contributed by atoms with Gasteiger partial charge in [-0.3, -0.25) is 9.79 Å². The molecule has 7 heteroatoms. The number of aliphatic imine (C=N–C) groups is 1. The first-order chi connectivity index (χ1) is 12.8. The zero-order chi connectivity index (χ0) is 19.9. The van der Waals surface area contributed by atoms with E-state index in [4.69, 9.17) is 5.11 Å². The van der Waals surface area contributed by atoms with Gasteiger partial charge >= 0.3 is 5.97 Å². The fourth-order valence-corrected chi connectivity index (χ4v) is 2.36. The number of para-hydroxylation sites is 1. The number of hydrogen-bond acceptors (Lipinski definition) is 4. The Morgan fingerprint density at radius 2 is 1.64 bits per heavy atom. The smallest absolute Gasteiger partial charge is 0.325 e. The average Bonchev–Trinajstić information content (AvgIpc) is 2.61. The van der Waals surface area contributed by atoms with Crippen LogP contribution >= 0.6 is 0 Å². The number of amides is 1. The van der Waals surface area contributed by atoms with Crippen LogP contribution in [0.1, 0.15) is 31.9 Å². The van der Waals surface area contributed by atoms with E-state index in [2.05, 4.69) is 15.6 Å². The summed E-state index contributed by atoms with van der Waals surface area (Å²) in [5.74, 6) is -1.33. The second-order valence-electron chi connectivity index (χ2n) is 7.05. The third kappa shape index (κ3) is 7.63. The van der Waals surface area contributed by atoms with Crippen LogP contribution in [0.25, 0.3) is 5.32 Å². The molecule has 0 fully saturated rings. The molecule has 0 radical (unpaired) electrons. The molecule has 0 aliphatic carbocycles. The SMILES string of the molecule is CC(C)(C)NCC(=O)[N-]c1ccccc1C(=NCC(=O)O)c1ccccc1.[Ni]. The zero-order valence-corrected chi connectivity index (χ0v) is 17.1. The number of carbonyl (C=O) groups excluding carboxylic acids is 1. The molecule has 0 heterocycles. The Bertz CT molecular complexity index is 830. The molecule has 0 saturated carbocycles. The van der Waals surface area contributed by atoms with E-state index >= 15 is 0 Å². The van der Waals surface area contributed by atoms with Gasteiger partial charge in [0.15, 0.2) is 0 Å². The van der Waals surface area contributed by atoms with E-state index in [9.17, 15) is 9.59 Å². The Balaban J connectivity index is 0.00000392. The molecule has 0 aliphatic heterocycles. The Labute approximate surface area is 175 Å². The van der Waals surface area contributed by atoms with Crippen molar-refractivity contribution in [2.75, 3.05) is 13.1 Å². The fraction of sp³-hybridized carbons (Fsp3) is 0.286. The summed E-state index contributed by atoms with van der Waals surface area (Å²) in [6.07, 6.45) is 0. The molecule has 0 atom stereocenters. The minimum absolute atomic E-state index is 0. The van der Waals surface area contributed by atoms with Crippen LogP contribution in [0.2, 0.25) is 0 Å². The maximum Gasteiger partial charge on any atom is 0.325 e. The van der Waals surface area contributed by atoms with Gasteiger partial charge in [0.25, 0.3) is 0 Å². The van der Waals surface area contributed by atoms with E-state index in [1.165, 1.54) is 0 Å². The molecule has 0 unspecified atom stereocenters. The Morgan fingerprint density at radius 3 is 2.25 bits per heavy atom. The minimum Gasteiger partial charge on any atom is -0.625 e. The first-order valence-electron chi connectivity index (χ1n) is 8.67. The van der Waals surface area contributed by atoms with Crippen molar-refractivity contribution < 1.29 is 31.2 Å². The van der Waals surface area contributed by atoms with Crippen LogP contribution in [0, 0.1) is 0 Å². The van der Waals surface area contributed by atoms with Crippen LogP contribution in [0.5, 0.6) is 0 Å². The van der Waals surface area contributed by atoms with Crippen LogP contribution in [0.3, 0.4) is 0 Å². The maximum absolute atomic E-state index is 12.3. The fourth-order valence-electron chi connectivity index (χ4n) is 2.36. The number of hydrogen-bond donors (Lipinski definition) is 2. The third-order valence-electron chi connectivity index (χ3n) is 3.59. The van der Waals surface area contributed by atoms with E-state index in [-0.39, 0.29) is 41.0 Å². The molecule has 152 valence electrons. The van der Waals surface area contributed by atoms with Crippen LogP contribution < -0.4 is 5.32 Å². The molecule has 28 heavy (non-hydrogen) atoms. The molecule has 2 N–H and O–H groups in total. The summed E-state index contributed by atoms with van der Waals surface area (Å²) in [5.41, 5.74) is 2.15. The maximum atomic E-state index is 12.3. The number of rotatable bonds is 7. The van der Waals surface area contributed by atoms with Crippen molar-refractivity contribution in [2.24, 2.45) is 4.99 Å². The van der Waals surface area contributed by atoms with Crippen molar-refractivity contribution in [1.29, 1.82) is 0 Å². The Morgan fingerprint density at radius 1 is 1.04 bits per heavy atom. The van der Waals surface area contributed by atoms with E-state index in [1.807, 2.05) is 57.2 Å². The summed E-state index contributed by atoms with van der Waals surface area (Å²) in [6, 6.07) is 16.4. The number of carboxylic acids is 1. The Kier molecular flexibility index (Phi) is 9.03. The number of nitrogens with one attached hydrogen (secondary N) is 1. The Hall–Kier alpha value is -2.50. The van der Waals surface area contributed by atoms with E-state index in [0.717, 1.165) is 5.56 Å². The number of carboxylic acid groups (broad SMARTS) is 1. The second kappa shape index (κ2) is 10.7. The van der Waals surface area contributed by atoms with Gasteiger partial charge in [0.05, 0.1) is 11.6 Å². The van der Waals surface area contributed by atoms with Crippen molar-refractivity contribution in [3.05, 3.63) is 71.0 Å². The van der Waals surface area contributed by atoms with E-state index in [0.29, 0.717) is 17.0 Å². The van der Waals surface area contributed by atoms with Gasteiger partial charge in [-0.1, -0.05) is 54.6 Å². The first kappa shape index (κ1) is 23.5. The van der Waals surface area contributed by atoms with Crippen molar-refractivity contribution in [1.82, 2.24) is 5.32 Å². The molecule has 0 saturated heterocycles. The van der Waals surface area contributed by atoms with Crippen LogP contribution in [-0.4, -0.2) is 41.3 Å². The quantitative estimate of drug-likeness (QED) is 0.525. The van der Waals surface area contributed by atoms with Gasteiger partial charge < -0.3 is 20.5 Å². The van der Waals surface area contributed by atoms with Crippen LogP contribution in [0.15, 0.2) is 59.6 Å². The monoisotopic (exact) mass is 424 g/mol. The van der Waals surface area contributed by atoms with Gasteiger partial charge in [-0.25, -0.2) is 0 Å². The second-order valence-corrected chi connectivity index (χ2v) is 7.05. The van der Waals surface area contributed by atoms with Gasteiger partial charge in [0.1, 0.15) is 6.54 Å². The van der Waals surface area contributed by atoms with Gasteiger partial charge in [0.2, 0.25) is 0 Å². The molecule has 0 aromatic heterocycles. The topological polar surface area (TPSA) is 92.9 Å². The van der Waals surface area contributed by atoms with Crippen molar-refractivity contribution in [3.8, 4) is 0 Å². The van der Waals surface area contributed by atoms with Gasteiger partial charge in [0, 0.05) is 34.1 Å². The number of nitrogens with zero attached hydrogens (tertiary/aromatic N) is 2. The predicted octanol–water partition coefficient (Wildman–Crippen LogP) is 3.53. The number of carbonyl (C=O) groups is 2. The summed E-state index contributed by atoms with van der Waals surface area (Å²) in [7, 11) is 0. The summed E-state index contributed by atoms with van der Waals surface area (Å²) in [4.78, 5) is 27.5. The molecule has 0 bridgehead atoms. The number of aliphatic carboxylic acids is 1. The summed E-state index contributed by atoms with van der Waals surface area (Å²) in [5, 5.41) is 16.3. The normalized spacial score (nSPS) is 11.5. The molecular weight excluding hydrogens is 401 g/mol. The summed E-state index contributed by atoms with van der Waals surface area (Å²) < 4.78 is 0. The molecular formula is C21H24N3NiO3-. The largest absolute Gasteiger partial charge is 0.625 e. The first-order valence-corrected chi connectivity index (χ1v) is 8.67. The van der Waals surface area contributed by atoms with Crippen molar-refractivity contribution in [2.45, 2.75) is 26.3 Å². The van der Waals surface area contributed by atoms with Gasteiger partial charge in [-0.2, -0.15) is 0 Å². The molecule has 0 spiro atoms. The molecule has 2 aromatic carbocycles. The standard InChI is InChI=1S/C21H25N3O3.Ni/c1-21(2,3)23-13-18(25)24-17-12-8-7-11-16(17)20(22-14-19(26)27)15-9-5-4-6-10-15;/h4-12,23H,13-14H2,1-3H3,(H2,22,24,25,26,27);/p-1. The molecule has 6 nitrogen and oxygen atoms in total.